The third-order valence-electron chi connectivity index (χ3n) is 5.49. The van der Waals surface area contributed by atoms with Crippen LogP contribution in [0.4, 0.5) is 27.3 Å². The van der Waals surface area contributed by atoms with Crippen molar-refractivity contribution in [2.24, 2.45) is 5.73 Å². The monoisotopic (exact) mass is 495 g/mol. The Morgan fingerprint density at radius 1 is 1.14 bits per heavy atom. The second-order valence-corrected chi connectivity index (χ2v) is 8.56. The number of methoxy groups -OCH3 is 1. The number of aromatic nitrogens is 2. The zero-order valence-electron chi connectivity index (χ0n) is 20.9. The number of amides is 1. The first kappa shape index (κ1) is 26.8. The topological polar surface area (TPSA) is 126 Å². The van der Waals surface area contributed by atoms with Gasteiger partial charge in [0.25, 0.3) is 0 Å². The van der Waals surface area contributed by atoms with Crippen molar-refractivity contribution in [2.75, 3.05) is 42.8 Å². The van der Waals surface area contributed by atoms with E-state index in [0.717, 1.165) is 33.8 Å². The van der Waals surface area contributed by atoms with Gasteiger partial charge in [0, 0.05) is 43.7 Å². The van der Waals surface area contributed by atoms with Crippen LogP contribution in [0.25, 0.3) is 0 Å². The van der Waals surface area contributed by atoms with Crippen molar-refractivity contribution in [3.05, 3.63) is 71.2 Å². The summed E-state index contributed by atoms with van der Waals surface area (Å²) in [5, 5.41) is 21.0. The van der Waals surface area contributed by atoms with E-state index < -0.39 is 0 Å². The molecule has 6 N–H and O–H groups in total. The number of nitrogens with zero attached hydrogens (tertiary/aromatic N) is 2. The van der Waals surface area contributed by atoms with Crippen LogP contribution in [0.2, 0.25) is 0 Å². The summed E-state index contributed by atoms with van der Waals surface area (Å²) in [6.45, 7) is 5.92. The molecule has 0 aliphatic rings. The first-order valence-corrected chi connectivity index (χ1v) is 11.8. The summed E-state index contributed by atoms with van der Waals surface area (Å²) in [5.74, 6) is 0.307. The number of anilines is 4. The van der Waals surface area contributed by atoms with Crippen molar-refractivity contribution in [3.63, 3.8) is 0 Å². The molecular weight excluding hydrogens is 461 g/mol. The Labute approximate surface area is 211 Å². The molecule has 0 spiro atoms. The van der Waals surface area contributed by atoms with Crippen LogP contribution in [-0.4, -0.2) is 42.9 Å². The lowest BCUT2D eigenvalue weighted by Crippen LogP contribution is -2.32. The zero-order valence-corrected chi connectivity index (χ0v) is 20.9. The van der Waals surface area contributed by atoms with Gasteiger partial charge in [0.1, 0.15) is 5.82 Å². The molecule has 0 radical (unpaired) electrons. The van der Waals surface area contributed by atoms with Crippen LogP contribution in [0.5, 0.6) is 0 Å². The maximum Gasteiger partial charge on any atom is 0.239 e. The number of ether oxygens (including phenoxy) is 1. The van der Waals surface area contributed by atoms with Gasteiger partial charge in [-0.2, -0.15) is 5.10 Å². The summed E-state index contributed by atoms with van der Waals surface area (Å²) in [5.41, 5.74) is 11.1. The first-order valence-electron chi connectivity index (χ1n) is 11.8. The van der Waals surface area contributed by atoms with Gasteiger partial charge in [0.15, 0.2) is 5.82 Å². The van der Waals surface area contributed by atoms with E-state index in [1.807, 2.05) is 24.3 Å². The van der Waals surface area contributed by atoms with E-state index >= 15 is 0 Å². The molecule has 0 bridgehead atoms. The molecule has 3 aromatic rings. The lowest BCUT2D eigenvalue weighted by molar-refractivity contribution is -0.119. The van der Waals surface area contributed by atoms with Crippen molar-refractivity contribution < 1.29 is 13.9 Å². The fourth-order valence-electron chi connectivity index (χ4n) is 3.74. The molecule has 0 aliphatic heterocycles. The quantitative estimate of drug-likeness (QED) is 0.227. The van der Waals surface area contributed by atoms with Crippen molar-refractivity contribution in [2.45, 2.75) is 32.9 Å². The van der Waals surface area contributed by atoms with Gasteiger partial charge >= 0.3 is 0 Å². The highest BCUT2D eigenvalue weighted by Gasteiger charge is 2.16. The minimum atomic E-state index is -0.265. The van der Waals surface area contributed by atoms with E-state index in [1.54, 1.807) is 19.4 Å². The number of carbonyl (C=O) groups is 1. The van der Waals surface area contributed by atoms with Crippen LogP contribution < -0.4 is 27.0 Å². The average Bonchev–Trinajstić information content (AvgIpc) is 2.86. The fourth-order valence-corrected chi connectivity index (χ4v) is 3.74. The highest BCUT2D eigenvalue weighted by molar-refractivity contribution is 5.81. The molecule has 1 heterocycles. The molecule has 0 aliphatic carbocycles. The second kappa shape index (κ2) is 13.4. The molecule has 2 aromatic carbocycles. The van der Waals surface area contributed by atoms with Crippen LogP contribution in [-0.2, 0) is 22.6 Å². The van der Waals surface area contributed by atoms with Crippen LogP contribution >= 0.6 is 0 Å². The number of halogens is 1. The van der Waals surface area contributed by atoms with E-state index in [-0.39, 0.29) is 24.2 Å². The van der Waals surface area contributed by atoms with Crippen LogP contribution in [0, 0.1) is 5.82 Å². The van der Waals surface area contributed by atoms with Crippen molar-refractivity contribution in [3.8, 4) is 0 Å². The summed E-state index contributed by atoms with van der Waals surface area (Å²) in [6.07, 6.45) is 1.62. The van der Waals surface area contributed by atoms with Crippen LogP contribution in [0.1, 0.15) is 36.5 Å². The van der Waals surface area contributed by atoms with Gasteiger partial charge in [-0.25, -0.2) is 4.39 Å². The second-order valence-electron chi connectivity index (χ2n) is 8.56. The van der Waals surface area contributed by atoms with Crippen LogP contribution in [0.15, 0.2) is 48.7 Å². The Kier molecular flexibility index (Phi) is 9.96. The normalized spacial score (nSPS) is 10.8. The summed E-state index contributed by atoms with van der Waals surface area (Å²) >= 11 is 0. The smallest absolute Gasteiger partial charge is 0.239 e. The third kappa shape index (κ3) is 7.62. The summed E-state index contributed by atoms with van der Waals surface area (Å²) in [4.78, 5) is 12.1. The predicted octanol–water partition coefficient (Wildman–Crippen LogP) is 3.73. The van der Waals surface area contributed by atoms with Gasteiger partial charge in [0.2, 0.25) is 5.91 Å². The molecule has 0 fully saturated rings. The molecule has 1 amide bonds. The Balaban J connectivity index is 1.73. The van der Waals surface area contributed by atoms with Gasteiger partial charge in [-0.05, 0) is 47.4 Å². The van der Waals surface area contributed by atoms with E-state index in [9.17, 15) is 9.18 Å². The molecule has 0 saturated carbocycles. The Hall–Kier alpha value is -3.76. The Morgan fingerprint density at radius 3 is 2.69 bits per heavy atom. The molecule has 0 unspecified atom stereocenters. The molecule has 3 rings (SSSR count). The lowest BCUT2D eigenvalue weighted by atomic mass is 10.0. The molecule has 10 heteroatoms. The van der Waals surface area contributed by atoms with Crippen LogP contribution in [0.3, 0.4) is 0 Å². The summed E-state index contributed by atoms with van der Waals surface area (Å²) in [7, 11) is 1.59. The number of nitrogens with one attached hydrogen (secondary N) is 4. The molecule has 192 valence electrons. The van der Waals surface area contributed by atoms with Gasteiger partial charge in [-0.15, -0.1) is 5.10 Å². The highest BCUT2D eigenvalue weighted by atomic mass is 19.1. The van der Waals surface area contributed by atoms with Crippen molar-refractivity contribution >= 4 is 28.8 Å². The summed E-state index contributed by atoms with van der Waals surface area (Å²) in [6, 6.07) is 12.3. The van der Waals surface area contributed by atoms with Gasteiger partial charge in [-0.3, -0.25) is 4.79 Å². The maximum absolute atomic E-state index is 13.5. The maximum atomic E-state index is 13.5. The number of rotatable bonds is 13. The van der Waals surface area contributed by atoms with Crippen molar-refractivity contribution in [1.82, 2.24) is 15.5 Å². The third-order valence-corrected chi connectivity index (χ3v) is 5.49. The minimum absolute atomic E-state index is 0.109. The number of hydrogen-bond acceptors (Lipinski definition) is 8. The zero-order chi connectivity index (χ0) is 25.9. The fraction of sp³-hybridized carbons (Fsp3) is 0.346. The van der Waals surface area contributed by atoms with E-state index in [1.165, 1.54) is 12.1 Å². The molecule has 0 saturated heterocycles. The van der Waals surface area contributed by atoms with Crippen molar-refractivity contribution in [1.29, 1.82) is 0 Å². The highest BCUT2D eigenvalue weighted by Crippen LogP contribution is 2.32. The van der Waals surface area contributed by atoms with Gasteiger partial charge in [-0.1, -0.05) is 26.0 Å². The number of benzene rings is 2. The molecular formula is C26H34FN7O2. The first-order chi connectivity index (χ1) is 17.4. The van der Waals surface area contributed by atoms with E-state index in [4.69, 9.17) is 10.5 Å². The van der Waals surface area contributed by atoms with E-state index in [0.29, 0.717) is 32.1 Å². The largest absolute Gasteiger partial charge is 0.383 e. The SMILES string of the molecule is COCCNC(=O)CNc1cnnc(Nc2ccc(NCc3cccc(F)c3)c(CN)c2)c1C(C)C. The molecule has 0 atom stereocenters. The molecule has 36 heavy (non-hydrogen) atoms. The summed E-state index contributed by atoms with van der Waals surface area (Å²) < 4.78 is 18.4. The Bertz CT molecular complexity index is 1160. The lowest BCUT2D eigenvalue weighted by Gasteiger charge is -2.19. The van der Waals surface area contributed by atoms with Gasteiger partial charge < -0.3 is 31.7 Å². The Morgan fingerprint density at radius 2 is 1.97 bits per heavy atom. The standard InChI is InChI=1S/C26H34FN7O2/c1-17(2)25-23(31-16-24(35)29-9-10-36-3)15-32-34-26(25)33-21-7-8-22(19(12-21)13-28)30-14-18-5-4-6-20(27)11-18/h4-8,11-12,15,17,30H,9-10,13-14,16,28H2,1-3H3,(H,29,35)(H2,31,33,34). The predicted molar refractivity (Wildman–Crippen MR) is 141 cm³/mol. The number of hydrogen-bond donors (Lipinski definition) is 5. The van der Waals surface area contributed by atoms with Gasteiger partial charge in [0.05, 0.1) is 25.0 Å². The number of nitrogens with two attached hydrogens (primary N) is 1. The number of carbonyl (C=O) groups excluding carboxylic acids is 1. The molecule has 9 nitrogen and oxygen atoms in total. The molecule has 1 aromatic heterocycles. The average molecular weight is 496 g/mol. The minimum Gasteiger partial charge on any atom is -0.383 e. The van der Waals surface area contributed by atoms with E-state index in [2.05, 4.69) is 45.3 Å².